The minimum Gasteiger partial charge on any atom is -0.337 e. The molecule has 1 aromatic heterocycles. The van der Waals surface area contributed by atoms with E-state index in [9.17, 15) is 9.59 Å². The van der Waals surface area contributed by atoms with Crippen molar-refractivity contribution in [1.82, 2.24) is 15.2 Å². The van der Waals surface area contributed by atoms with Gasteiger partial charge in [0.2, 0.25) is 5.91 Å². The summed E-state index contributed by atoms with van der Waals surface area (Å²) < 4.78 is 0. The molecule has 1 atom stereocenters. The van der Waals surface area contributed by atoms with E-state index in [-0.39, 0.29) is 49.1 Å². The highest BCUT2D eigenvalue weighted by Gasteiger charge is 2.23. The van der Waals surface area contributed by atoms with E-state index in [0.29, 0.717) is 16.4 Å². The molecule has 9 heteroatoms. The van der Waals surface area contributed by atoms with Gasteiger partial charge in [-0.1, -0.05) is 18.2 Å². The number of piperazine rings is 1. The minimum absolute atomic E-state index is 0. The number of anilines is 1. The molecule has 0 bridgehead atoms. The van der Waals surface area contributed by atoms with Crippen LogP contribution in [0.25, 0.3) is 0 Å². The number of hydrogen-bond acceptors (Lipinski definition) is 5. The molecule has 0 radical (unpaired) electrons. The fraction of sp³-hybridized carbons (Fsp3) is 0.353. The Balaban J connectivity index is 0.00000169. The van der Waals surface area contributed by atoms with Gasteiger partial charge in [0, 0.05) is 36.6 Å². The average Bonchev–Trinajstić information content (AvgIpc) is 3.02. The average molecular weight is 417 g/mol. The lowest BCUT2D eigenvalue weighted by Gasteiger charge is -2.33. The van der Waals surface area contributed by atoms with Gasteiger partial charge in [0.05, 0.1) is 12.1 Å². The summed E-state index contributed by atoms with van der Waals surface area (Å²) in [4.78, 5) is 30.8. The Morgan fingerprint density at radius 1 is 1.31 bits per heavy atom. The van der Waals surface area contributed by atoms with Crippen LogP contribution in [0.5, 0.6) is 0 Å². The van der Waals surface area contributed by atoms with Crippen LogP contribution in [-0.4, -0.2) is 47.4 Å². The lowest BCUT2D eigenvalue weighted by atomic mass is 10.2. The third kappa shape index (κ3) is 5.67. The van der Waals surface area contributed by atoms with Crippen LogP contribution in [-0.2, 0) is 11.2 Å². The van der Waals surface area contributed by atoms with Crippen LogP contribution in [0.2, 0.25) is 0 Å². The van der Waals surface area contributed by atoms with E-state index in [1.54, 1.807) is 12.1 Å². The lowest BCUT2D eigenvalue weighted by molar-refractivity contribution is -0.133. The van der Waals surface area contributed by atoms with Crippen molar-refractivity contribution < 1.29 is 9.59 Å². The molecule has 0 unspecified atom stereocenters. The molecule has 1 aliphatic rings. The van der Waals surface area contributed by atoms with Gasteiger partial charge in [-0.2, -0.15) is 0 Å². The fourth-order valence-electron chi connectivity index (χ4n) is 2.67. The zero-order chi connectivity index (χ0) is 16.9. The Kier molecular flexibility index (Phi) is 9.01. The topological polar surface area (TPSA) is 74.3 Å². The SMILES string of the molecule is C[C@H]1CNCCN1C(=O)Cc1csc(NC(=O)c2ccccc2)n1.Cl.Cl. The second-order valence-electron chi connectivity index (χ2n) is 5.78. The molecule has 142 valence electrons. The highest BCUT2D eigenvalue weighted by atomic mass is 35.5. The molecule has 0 aliphatic carbocycles. The lowest BCUT2D eigenvalue weighted by Crippen LogP contribution is -2.52. The van der Waals surface area contributed by atoms with Crippen LogP contribution < -0.4 is 10.6 Å². The van der Waals surface area contributed by atoms with Crippen molar-refractivity contribution in [2.24, 2.45) is 0 Å². The van der Waals surface area contributed by atoms with Crippen LogP contribution in [0.1, 0.15) is 23.0 Å². The molecular formula is C17H22Cl2N4O2S. The molecule has 2 amide bonds. The van der Waals surface area contributed by atoms with Gasteiger partial charge in [-0.15, -0.1) is 36.2 Å². The number of nitrogens with zero attached hydrogens (tertiary/aromatic N) is 2. The summed E-state index contributed by atoms with van der Waals surface area (Å²) in [7, 11) is 0. The van der Waals surface area contributed by atoms with E-state index in [4.69, 9.17) is 0 Å². The maximum Gasteiger partial charge on any atom is 0.257 e. The summed E-state index contributed by atoms with van der Waals surface area (Å²) in [6.45, 7) is 4.41. The molecule has 1 saturated heterocycles. The highest BCUT2D eigenvalue weighted by molar-refractivity contribution is 7.14. The van der Waals surface area contributed by atoms with Gasteiger partial charge in [0.1, 0.15) is 0 Å². The quantitative estimate of drug-likeness (QED) is 0.802. The van der Waals surface area contributed by atoms with Crippen molar-refractivity contribution in [3.8, 4) is 0 Å². The monoisotopic (exact) mass is 416 g/mol. The van der Waals surface area contributed by atoms with E-state index in [0.717, 1.165) is 19.6 Å². The molecule has 2 aromatic rings. The Morgan fingerprint density at radius 2 is 2.04 bits per heavy atom. The normalized spacial score (nSPS) is 16.2. The number of amides is 2. The van der Waals surface area contributed by atoms with Crippen LogP contribution in [0, 0.1) is 0 Å². The summed E-state index contributed by atoms with van der Waals surface area (Å²) in [5.41, 5.74) is 1.28. The molecule has 26 heavy (non-hydrogen) atoms. The molecule has 6 nitrogen and oxygen atoms in total. The summed E-state index contributed by atoms with van der Waals surface area (Å²) in [5, 5.41) is 8.38. The number of aromatic nitrogens is 1. The molecule has 3 rings (SSSR count). The molecule has 1 aliphatic heterocycles. The van der Waals surface area contributed by atoms with Crippen molar-refractivity contribution in [3.05, 3.63) is 47.0 Å². The fourth-order valence-corrected chi connectivity index (χ4v) is 3.38. The number of carbonyl (C=O) groups excluding carboxylic acids is 2. The first-order valence-corrected chi connectivity index (χ1v) is 8.82. The summed E-state index contributed by atoms with van der Waals surface area (Å²) in [6, 6.07) is 9.19. The van der Waals surface area contributed by atoms with E-state index in [2.05, 4.69) is 15.6 Å². The van der Waals surface area contributed by atoms with Crippen molar-refractivity contribution in [1.29, 1.82) is 0 Å². The first-order valence-electron chi connectivity index (χ1n) is 7.94. The molecular weight excluding hydrogens is 395 g/mol. The van der Waals surface area contributed by atoms with Gasteiger partial charge in [-0.25, -0.2) is 4.98 Å². The van der Waals surface area contributed by atoms with E-state index < -0.39 is 0 Å². The summed E-state index contributed by atoms with van der Waals surface area (Å²) in [5.74, 6) is -0.117. The highest BCUT2D eigenvalue weighted by Crippen LogP contribution is 2.18. The Labute approximate surface area is 169 Å². The van der Waals surface area contributed by atoms with E-state index in [1.165, 1.54) is 11.3 Å². The molecule has 2 heterocycles. The van der Waals surface area contributed by atoms with Gasteiger partial charge in [0.15, 0.2) is 5.13 Å². The van der Waals surface area contributed by atoms with Crippen LogP contribution in [0.4, 0.5) is 5.13 Å². The van der Waals surface area contributed by atoms with E-state index >= 15 is 0 Å². The molecule has 1 fully saturated rings. The number of thiazole rings is 1. The third-order valence-electron chi connectivity index (χ3n) is 3.96. The number of nitrogens with one attached hydrogen (secondary N) is 2. The zero-order valence-corrected chi connectivity index (χ0v) is 16.8. The Morgan fingerprint density at radius 3 is 2.73 bits per heavy atom. The number of carbonyl (C=O) groups is 2. The smallest absolute Gasteiger partial charge is 0.257 e. The number of hydrogen-bond donors (Lipinski definition) is 2. The van der Waals surface area contributed by atoms with Crippen molar-refractivity contribution in [2.75, 3.05) is 25.0 Å². The first kappa shape index (κ1) is 22.4. The molecule has 0 spiro atoms. The predicted octanol–water partition coefficient (Wildman–Crippen LogP) is 2.60. The maximum absolute atomic E-state index is 12.4. The first-order chi connectivity index (χ1) is 11.6. The van der Waals surface area contributed by atoms with Gasteiger partial charge in [-0.3, -0.25) is 14.9 Å². The minimum atomic E-state index is -0.196. The van der Waals surface area contributed by atoms with Crippen LogP contribution >= 0.6 is 36.2 Å². The number of rotatable bonds is 4. The van der Waals surface area contributed by atoms with Gasteiger partial charge < -0.3 is 10.2 Å². The third-order valence-corrected chi connectivity index (χ3v) is 4.77. The molecule has 2 N–H and O–H groups in total. The largest absolute Gasteiger partial charge is 0.337 e. The van der Waals surface area contributed by atoms with Gasteiger partial charge in [0.25, 0.3) is 5.91 Å². The van der Waals surface area contributed by atoms with Crippen LogP contribution in [0.3, 0.4) is 0 Å². The van der Waals surface area contributed by atoms with E-state index in [1.807, 2.05) is 35.4 Å². The number of halogens is 2. The van der Waals surface area contributed by atoms with Gasteiger partial charge in [-0.05, 0) is 19.1 Å². The standard InChI is InChI=1S/C17H20N4O2S.2ClH/c1-12-10-18-7-8-21(12)15(22)9-14-11-24-17(19-14)20-16(23)13-5-3-2-4-6-13;;/h2-6,11-12,18H,7-10H2,1H3,(H,19,20,23);2*1H/t12-;;/m0../s1. The molecule has 0 saturated carbocycles. The van der Waals surface area contributed by atoms with Crippen LogP contribution in [0.15, 0.2) is 35.7 Å². The second kappa shape index (κ2) is 10.5. The summed E-state index contributed by atoms with van der Waals surface area (Å²) in [6.07, 6.45) is 0.266. The van der Waals surface area contributed by atoms with Crippen molar-refractivity contribution in [2.45, 2.75) is 19.4 Å². The van der Waals surface area contributed by atoms with Gasteiger partial charge >= 0.3 is 0 Å². The summed E-state index contributed by atoms with van der Waals surface area (Å²) >= 11 is 1.34. The van der Waals surface area contributed by atoms with Crippen molar-refractivity contribution in [3.63, 3.8) is 0 Å². The Hall–Kier alpha value is -1.67. The molecule has 1 aromatic carbocycles. The Bertz CT molecular complexity index is 727. The zero-order valence-electron chi connectivity index (χ0n) is 14.3. The second-order valence-corrected chi connectivity index (χ2v) is 6.64. The number of benzene rings is 1. The predicted molar refractivity (Wildman–Crippen MR) is 109 cm³/mol. The van der Waals surface area contributed by atoms with Crippen molar-refractivity contribution >= 4 is 53.1 Å². The maximum atomic E-state index is 12.4.